The number of thiocarbonyl (C=S) groups is 1. The second-order valence-electron chi connectivity index (χ2n) is 7.64. The standard InChI is InChI=1S/C22H27ClN2O2S/c1-15-18(23)7-5-8-19(15)24-21(28)25-20(26)9-6-14-27-17-12-10-16(11-13-17)22(2,3)4/h5,7-8,10-13H,6,9,14H2,1-4H3,(H2,24,25,26,28). The fraction of sp³-hybridized carbons (Fsp3) is 0.364. The number of benzene rings is 2. The van der Waals surface area contributed by atoms with Gasteiger partial charge in [0.2, 0.25) is 5.91 Å². The lowest BCUT2D eigenvalue weighted by atomic mass is 9.87. The molecule has 0 bridgehead atoms. The van der Waals surface area contributed by atoms with Crippen LogP contribution in [-0.4, -0.2) is 17.6 Å². The van der Waals surface area contributed by atoms with E-state index < -0.39 is 0 Å². The lowest BCUT2D eigenvalue weighted by molar-refractivity contribution is -0.119. The number of carbonyl (C=O) groups excluding carboxylic acids is 1. The number of nitrogens with one attached hydrogen (secondary N) is 2. The second kappa shape index (κ2) is 9.89. The number of ether oxygens (including phenoxy) is 1. The molecule has 0 saturated carbocycles. The molecule has 150 valence electrons. The molecule has 1 amide bonds. The van der Waals surface area contributed by atoms with Crippen LogP contribution in [0.1, 0.15) is 44.7 Å². The Balaban J connectivity index is 1.71. The quantitative estimate of drug-likeness (QED) is 0.472. The van der Waals surface area contributed by atoms with Crippen molar-refractivity contribution in [2.45, 2.75) is 46.0 Å². The molecule has 2 aromatic rings. The first-order valence-electron chi connectivity index (χ1n) is 9.26. The lowest BCUT2D eigenvalue weighted by Gasteiger charge is -2.19. The number of amides is 1. The average molecular weight is 419 g/mol. The summed E-state index contributed by atoms with van der Waals surface area (Å²) in [6.07, 6.45) is 0.933. The fourth-order valence-electron chi connectivity index (χ4n) is 2.56. The van der Waals surface area contributed by atoms with Crippen LogP contribution in [0.25, 0.3) is 0 Å². The minimum absolute atomic E-state index is 0.118. The van der Waals surface area contributed by atoms with Crippen LogP contribution in [0.3, 0.4) is 0 Å². The summed E-state index contributed by atoms with van der Waals surface area (Å²) in [5, 5.41) is 6.58. The molecule has 0 fully saturated rings. The van der Waals surface area contributed by atoms with Gasteiger partial charge in [0.15, 0.2) is 5.11 Å². The second-order valence-corrected chi connectivity index (χ2v) is 8.46. The summed E-state index contributed by atoms with van der Waals surface area (Å²) in [6, 6.07) is 13.6. The summed E-state index contributed by atoms with van der Waals surface area (Å²) in [6.45, 7) is 8.88. The molecule has 0 atom stereocenters. The highest BCUT2D eigenvalue weighted by atomic mass is 35.5. The highest BCUT2D eigenvalue weighted by molar-refractivity contribution is 7.80. The van der Waals surface area contributed by atoms with Crippen molar-refractivity contribution >= 4 is 40.5 Å². The van der Waals surface area contributed by atoms with Crippen LogP contribution in [0.2, 0.25) is 5.02 Å². The van der Waals surface area contributed by atoms with Gasteiger partial charge in [-0.1, -0.05) is 50.6 Å². The molecule has 0 aliphatic carbocycles. The Morgan fingerprint density at radius 3 is 2.46 bits per heavy atom. The molecule has 0 unspecified atom stereocenters. The van der Waals surface area contributed by atoms with E-state index in [4.69, 9.17) is 28.6 Å². The minimum atomic E-state index is -0.149. The van der Waals surface area contributed by atoms with Gasteiger partial charge >= 0.3 is 0 Å². The van der Waals surface area contributed by atoms with Crippen molar-refractivity contribution in [1.29, 1.82) is 0 Å². The highest BCUT2D eigenvalue weighted by Crippen LogP contribution is 2.24. The van der Waals surface area contributed by atoms with Gasteiger partial charge < -0.3 is 15.4 Å². The molecule has 4 nitrogen and oxygen atoms in total. The first kappa shape index (κ1) is 22.2. The Kier molecular flexibility index (Phi) is 7.84. The third-order valence-electron chi connectivity index (χ3n) is 4.31. The van der Waals surface area contributed by atoms with Gasteiger partial charge in [0.05, 0.1) is 6.61 Å². The maximum Gasteiger partial charge on any atom is 0.226 e. The predicted octanol–water partition coefficient (Wildman–Crippen LogP) is 5.62. The Labute approximate surface area is 177 Å². The van der Waals surface area contributed by atoms with E-state index in [1.54, 1.807) is 6.07 Å². The monoisotopic (exact) mass is 418 g/mol. The predicted molar refractivity (Wildman–Crippen MR) is 120 cm³/mol. The SMILES string of the molecule is Cc1c(Cl)cccc1NC(=S)NC(=O)CCCOc1ccc(C(C)(C)C)cc1. The molecule has 2 aromatic carbocycles. The van der Waals surface area contributed by atoms with Crippen LogP contribution in [0, 0.1) is 6.92 Å². The van der Waals surface area contributed by atoms with Crippen LogP contribution >= 0.6 is 23.8 Å². The summed E-state index contributed by atoms with van der Waals surface area (Å²) >= 11 is 11.3. The average Bonchev–Trinajstić information content (AvgIpc) is 2.62. The number of carbonyl (C=O) groups is 1. The summed E-state index contributed by atoms with van der Waals surface area (Å²) < 4.78 is 5.71. The van der Waals surface area contributed by atoms with Crippen molar-refractivity contribution in [3.8, 4) is 5.75 Å². The van der Waals surface area contributed by atoms with Crippen LogP contribution in [0.15, 0.2) is 42.5 Å². The van der Waals surface area contributed by atoms with E-state index in [1.165, 1.54) is 5.56 Å². The third kappa shape index (κ3) is 6.80. The van der Waals surface area contributed by atoms with Crippen molar-refractivity contribution in [2.24, 2.45) is 0 Å². The maximum atomic E-state index is 12.0. The molecular weight excluding hydrogens is 392 g/mol. The number of hydrogen-bond donors (Lipinski definition) is 2. The molecule has 0 radical (unpaired) electrons. The molecular formula is C22H27ClN2O2S. The summed E-state index contributed by atoms with van der Waals surface area (Å²) in [5.74, 6) is 0.658. The molecule has 0 aliphatic heterocycles. The molecule has 0 saturated heterocycles. The van der Waals surface area contributed by atoms with E-state index in [1.807, 2.05) is 31.2 Å². The lowest BCUT2D eigenvalue weighted by Crippen LogP contribution is -2.34. The Hall–Kier alpha value is -2.11. The van der Waals surface area contributed by atoms with Gasteiger partial charge in [-0.2, -0.15) is 0 Å². The minimum Gasteiger partial charge on any atom is -0.494 e. The molecule has 28 heavy (non-hydrogen) atoms. The van der Waals surface area contributed by atoms with Gasteiger partial charge in [-0.15, -0.1) is 0 Å². The van der Waals surface area contributed by atoms with Gasteiger partial charge in [0, 0.05) is 17.1 Å². The molecule has 0 aromatic heterocycles. The normalized spacial score (nSPS) is 11.0. The van der Waals surface area contributed by atoms with Crippen molar-refractivity contribution in [3.05, 3.63) is 58.6 Å². The fourth-order valence-corrected chi connectivity index (χ4v) is 2.96. The Bertz CT molecular complexity index is 829. The summed E-state index contributed by atoms with van der Waals surface area (Å²) in [7, 11) is 0. The van der Waals surface area contributed by atoms with E-state index in [-0.39, 0.29) is 16.4 Å². The Morgan fingerprint density at radius 1 is 1.14 bits per heavy atom. The molecule has 0 heterocycles. The number of rotatable bonds is 6. The van der Waals surface area contributed by atoms with Gasteiger partial charge in [0.1, 0.15) is 5.75 Å². The zero-order valence-electron chi connectivity index (χ0n) is 16.8. The van der Waals surface area contributed by atoms with Gasteiger partial charge in [0.25, 0.3) is 0 Å². The zero-order valence-corrected chi connectivity index (χ0v) is 18.3. The van der Waals surface area contributed by atoms with Crippen molar-refractivity contribution in [2.75, 3.05) is 11.9 Å². The first-order chi connectivity index (χ1) is 13.2. The van der Waals surface area contributed by atoms with Crippen molar-refractivity contribution in [3.63, 3.8) is 0 Å². The largest absolute Gasteiger partial charge is 0.494 e. The van der Waals surface area contributed by atoms with E-state index in [9.17, 15) is 4.79 Å². The van der Waals surface area contributed by atoms with Gasteiger partial charge in [-0.3, -0.25) is 4.79 Å². The van der Waals surface area contributed by atoms with Crippen LogP contribution in [0.5, 0.6) is 5.75 Å². The zero-order chi connectivity index (χ0) is 20.7. The van der Waals surface area contributed by atoms with E-state index >= 15 is 0 Å². The third-order valence-corrected chi connectivity index (χ3v) is 4.92. The summed E-state index contributed by atoms with van der Waals surface area (Å²) in [5.41, 5.74) is 3.04. The first-order valence-corrected chi connectivity index (χ1v) is 10.0. The number of anilines is 1. The summed E-state index contributed by atoms with van der Waals surface area (Å²) in [4.78, 5) is 12.0. The van der Waals surface area contributed by atoms with Crippen molar-refractivity contribution < 1.29 is 9.53 Å². The number of hydrogen-bond acceptors (Lipinski definition) is 3. The molecule has 0 aliphatic rings. The van der Waals surface area contributed by atoms with Crippen LogP contribution in [-0.2, 0) is 10.2 Å². The van der Waals surface area contributed by atoms with Crippen LogP contribution < -0.4 is 15.4 Å². The van der Waals surface area contributed by atoms with E-state index in [0.717, 1.165) is 17.0 Å². The molecule has 2 rings (SSSR count). The van der Waals surface area contributed by atoms with Crippen molar-refractivity contribution in [1.82, 2.24) is 5.32 Å². The topological polar surface area (TPSA) is 50.4 Å². The van der Waals surface area contributed by atoms with E-state index in [2.05, 4.69) is 43.5 Å². The molecule has 2 N–H and O–H groups in total. The Morgan fingerprint density at radius 2 is 1.82 bits per heavy atom. The smallest absolute Gasteiger partial charge is 0.226 e. The molecule has 6 heteroatoms. The van der Waals surface area contributed by atoms with Crippen LogP contribution in [0.4, 0.5) is 5.69 Å². The number of halogens is 1. The molecule has 0 spiro atoms. The highest BCUT2D eigenvalue weighted by Gasteiger charge is 2.13. The van der Waals surface area contributed by atoms with Gasteiger partial charge in [-0.25, -0.2) is 0 Å². The maximum absolute atomic E-state index is 12.0. The van der Waals surface area contributed by atoms with E-state index in [0.29, 0.717) is 24.5 Å². The van der Waals surface area contributed by atoms with Gasteiger partial charge in [-0.05, 0) is 66.4 Å².